The molecule has 2 unspecified atom stereocenters. The number of nitrogen functional groups attached to an aromatic ring is 1. The minimum atomic E-state index is 0.527. The Hall–Kier alpha value is -2.95. The van der Waals surface area contributed by atoms with Gasteiger partial charge in [-0.3, -0.25) is 4.98 Å². The molecule has 3 heterocycles. The highest BCUT2D eigenvalue weighted by Crippen LogP contribution is 2.39. The van der Waals surface area contributed by atoms with Gasteiger partial charge >= 0.3 is 0 Å². The van der Waals surface area contributed by atoms with Gasteiger partial charge in [-0.25, -0.2) is 9.97 Å². The molecule has 1 saturated carbocycles. The van der Waals surface area contributed by atoms with Crippen LogP contribution in [0.2, 0.25) is 0 Å². The van der Waals surface area contributed by atoms with Crippen LogP contribution in [0.1, 0.15) is 43.7 Å². The first-order chi connectivity index (χ1) is 13.8. The molecule has 0 spiro atoms. The highest BCUT2D eigenvalue weighted by Gasteiger charge is 2.26. The van der Waals surface area contributed by atoms with Gasteiger partial charge in [-0.1, -0.05) is 24.6 Å². The van der Waals surface area contributed by atoms with Gasteiger partial charge < -0.3 is 10.3 Å². The third-order valence-electron chi connectivity index (χ3n) is 6.17. The molecule has 5 rings (SSSR count). The van der Waals surface area contributed by atoms with Crippen molar-refractivity contribution in [3.8, 4) is 0 Å². The van der Waals surface area contributed by atoms with Crippen molar-refractivity contribution >= 4 is 27.8 Å². The van der Waals surface area contributed by atoms with E-state index in [0.717, 1.165) is 28.9 Å². The normalized spacial score (nSPS) is 19.6. The number of aryl methyl sites for hydroxylation is 1. The number of para-hydroxylation sites is 1. The second kappa shape index (κ2) is 7.23. The quantitative estimate of drug-likeness (QED) is 0.540. The van der Waals surface area contributed by atoms with Crippen LogP contribution in [0.25, 0.3) is 21.9 Å². The van der Waals surface area contributed by atoms with E-state index in [4.69, 9.17) is 5.73 Å². The minimum absolute atomic E-state index is 0.527. The second-order valence-electron chi connectivity index (χ2n) is 7.98. The first-order valence-corrected chi connectivity index (χ1v) is 10.2. The third-order valence-corrected chi connectivity index (χ3v) is 6.17. The maximum absolute atomic E-state index is 5.98. The van der Waals surface area contributed by atoms with Gasteiger partial charge in [0.15, 0.2) is 0 Å². The van der Waals surface area contributed by atoms with Gasteiger partial charge in [0, 0.05) is 23.8 Å². The average Bonchev–Trinajstić information content (AvgIpc) is 3.35. The molecule has 0 saturated heterocycles. The van der Waals surface area contributed by atoms with Gasteiger partial charge in [-0.2, -0.15) is 0 Å². The van der Waals surface area contributed by atoms with Gasteiger partial charge in [0.2, 0.25) is 0 Å². The summed E-state index contributed by atoms with van der Waals surface area (Å²) in [6, 6.07) is 13.2. The largest absolute Gasteiger partial charge is 0.383 e. The zero-order chi connectivity index (χ0) is 18.9. The number of aromatic nitrogens is 4. The fourth-order valence-electron chi connectivity index (χ4n) is 4.70. The van der Waals surface area contributed by atoms with E-state index in [1.54, 1.807) is 6.33 Å². The summed E-state index contributed by atoms with van der Waals surface area (Å²) in [5, 5.41) is 2.21. The molecule has 0 radical (unpaired) electrons. The van der Waals surface area contributed by atoms with Crippen LogP contribution < -0.4 is 5.73 Å². The molecule has 2 atom stereocenters. The number of rotatable bonds is 5. The molecular formula is C23H25N5. The van der Waals surface area contributed by atoms with E-state index < -0.39 is 0 Å². The molecule has 4 aromatic rings. The standard InChI is InChI=1S/C23H25N5/c24-22-20-10-11-28(23(20)27-15-26-22)19-9-8-16(13-19)4-3-5-17-12-18-6-1-2-7-21(18)25-14-17/h1-2,6-7,10-12,14-16,19H,3-5,8-9,13H2,(H2,24,26,27). The molecule has 5 nitrogen and oxygen atoms in total. The van der Waals surface area contributed by atoms with Crippen molar-refractivity contribution in [3.05, 3.63) is 60.7 Å². The Bertz CT molecular complexity index is 1120. The minimum Gasteiger partial charge on any atom is -0.383 e. The lowest BCUT2D eigenvalue weighted by Gasteiger charge is -2.14. The van der Waals surface area contributed by atoms with Crippen molar-refractivity contribution in [2.75, 3.05) is 5.73 Å². The highest BCUT2D eigenvalue weighted by molar-refractivity contribution is 5.86. The Morgan fingerprint density at radius 1 is 1.07 bits per heavy atom. The molecule has 0 bridgehead atoms. The van der Waals surface area contributed by atoms with E-state index in [9.17, 15) is 0 Å². The molecule has 0 aliphatic heterocycles. The lowest BCUT2D eigenvalue weighted by atomic mass is 9.98. The molecule has 1 aliphatic carbocycles. The molecule has 1 aliphatic rings. The topological polar surface area (TPSA) is 69.6 Å². The van der Waals surface area contributed by atoms with Gasteiger partial charge in [0.25, 0.3) is 0 Å². The summed E-state index contributed by atoms with van der Waals surface area (Å²) in [7, 11) is 0. The molecule has 3 aromatic heterocycles. The van der Waals surface area contributed by atoms with Crippen LogP contribution in [-0.2, 0) is 6.42 Å². The van der Waals surface area contributed by atoms with Crippen LogP contribution in [0.4, 0.5) is 5.82 Å². The van der Waals surface area contributed by atoms with E-state index in [1.807, 2.05) is 18.3 Å². The van der Waals surface area contributed by atoms with Gasteiger partial charge in [0.05, 0.1) is 10.9 Å². The van der Waals surface area contributed by atoms with Crippen LogP contribution in [0.3, 0.4) is 0 Å². The van der Waals surface area contributed by atoms with Crippen molar-refractivity contribution in [1.82, 2.24) is 19.5 Å². The maximum Gasteiger partial charge on any atom is 0.145 e. The Labute approximate surface area is 164 Å². The summed E-state index contributed by atoms with van der Waals surface area (Å²) in [5.74, 6) is 1.36. The molecule has 1 fully saturated rings. The molecule has 5 heteroatoms. The second-order valence-corrected chi connectivity index (χ2v) is 7.98. The molecule has 1 aromatic carbocycles. The summed E-state index contributed by atoms with van der Waals surface area (Å²) in [5.41, 5.74) is 9.38. The maximum atomic E-state index is 5.98. The summed E-state index contributed by atoms with van der Waals surface area (Å²) >= 11 is 0. The van der Waals surface area contributed by atoms with E-state index in [-0.39, 0.29) is 0 Å². The number of hydrogen-bond donors (Lipinski definition) is 1. The Morgan fingerprint density at radius 2 is 2.00 bits per heavy atom. The van der Waals surface area contributed by atoms with Crippen molar-refractivity contribution in [2.45, 2.75) is 44.6 Å². The third kappa shape index (κ3) is 3.21. The van der Waals surface area contributed by atoms with Crippen molar-refractivity contribution in [2.24, 2.45) is 5.92 Å². The predicted molar refractivity (Wildman–Crippen MR) is 113 cm³/mol. The Kier molecular flexibility index (Phi) is 4.43. The molecular weight excluding hydrogens is 346 g/mol. The number of benzene rings is 1. The van der Waals surface area contributed by atoms with Crippen LogP contribution in [-0.4, -0.2) is 19.5 Å². The fourth-order valence-corrected chi connectivity index (χ4v) is 4.70. The zero-order valence-electron chi connectivity index (χ0n) is 16.0. The summed E-state index contributed by atoms with van der Waals surface area (Å²) < 4.78 is 2.31. The molecule has 142 valence electrons. The van der Waals surface area contributed by atoms with Crippen molar-refractivity contribution in [3.63, 3.8) is 0 Å². The number of anilines is 1. The SMILES string of the molecule is Nc1ncnc2c1ccn2C1CCC(CCCc2cnc3ccccc3c2)C1. The van der Waals surface area contributed by atoms with E-state index in [1.165, 1.54) is 43.1 Å². The Morgan fingerprint density at radius 3 is 2.96 bits per heavy atom. The summed E-state index contributed by atoms with van der Waals surface area (Å²) in [6.07, 6.45) is 13.1. The van der Waals surface area contributed by atoms with Gasteiger partial charge in [0.1, 0.15) is 17.8 Å². The van der Waals surface area contributed by atoms with Gasteiger partial charge in [-0.05, 0) is 61.8 Å². The van der Waals surface area contributed by atoms with Crippen LogP contribution in [0, 0.1) is 5.92 Å². The number of nitrogens with two attached hydrogens (primary N) is 1. The number of pyridine rings is 1. The average molecular weight is 371 g/mol. The van der Waals surface area contributed by atoms with Crippen LogP contribution in [0.5, 0.6) is 0 Å². The van der Waals surface area contributed by atoms with Gasteiger partial charge in [-0.15, -0.1) is 0 Å². The number of fused-ring (bicyclic) bond motifs is 2. The van der Waals surface area contributed by atoms with E-state index in [2.05, 4.69) is 50.0 Å². The smallest absolute Gasteiger partial charge is 0.145 e. The Balaban J connectivity index is 1.20. The van der Waals surface area contributed by atoms with E-state index >= 15 is 0 Å². The molecule has 0 amide bonds. The molecule has 2 N–H and O–H groups in total. The number of hydrogen-bond acceptors (Lipinski definition) is 4. The van der Waals surface area contributed by atoms with Crippen molar-refractivity contribution < 1.29 is 0 Å². The lowest BCUT2D eigenvalue weighted by Crippen LogP contribution is -2.06. The van der Waals surface area contributed by atoms with E-state index in [0.29, 0.717) is 11.9 Å². The number of nitrogens with zero attached hydrogens (tertiary/aromatic N) is 4. The predicted octanol–water partition coefficient (Wildman–Crippen LogP) is 4.93. The van der Waals surface area contributed by atoms with Crippen molar-refractivity contribution in [1.29, 1.82) is 0 Å². The first-order valence-electron chi connectivity index (χ1n) is 10.2. The highest BCUT2D eigenvalue weighted by atomic mass is 15.1. The first kappa shape index (κ1) is 17.2. The lowest BCUT2D eigenvalue weighted by molar-refractivity contribution is 0.449. The van der Waals surface area contributed by atoms with Crippen LogP contribution in [0.15, 0.2) is 55.1 Å². The summed E-state index contributed by atoms with van der Waals surface area (Å²) in [4.78, 5) is 13.1. The van der Waals surface area contributed by atoms with Crippen LogP contribution >= 0.6 is 0 Å². The fraction of sp³-hybridized carbons (Fsp3) is 0.348. The monoisotopic (exact) mass is 371 g/mol. The zero-order valence-corrected chi connectivity index (χ0v) is 16.0. The summed E-state index contributed by atoms with van der Waals surface area (Å²) in [6.45, 7) is 0. The molecule has 28 heavy (non-hydrogen) atoms.